The summed E-state index contributed by atoms with van der Waals surface area (Å²) >= 11 is 0. The first kappa shape index (κ1) is 10.8. The monoisotopic (exact) mass is 169 g/mol. The van der Waals surface area contributed by atoms with Gasteiger partial charge in [-0.2, -0.15) is 0 Å². The van der Waals surface area contributed by atoms with E-state index in [1.165, 1.54) is 6.29 Å². The van der Waals surface area contributed by atoms with Gasteiger partial charge in [0, 0.05) is 12.8 Å². The van der Waals surface area contributed by atoms with Crippen LogP contribution in [0.4, 0.5) is 0 Å². The Morgan fingerprint density at radius 3 is 2.58 bits per heavy atom. The number of carbonyl (C=O) groups excluding carboxylic acids is 3. The van der Waals surface area contributed by atoms with Crippen molar-refractivity contribution in [1.29, 1.82) is 0 Å². The predicted octanol–water partition coefficient (Wildman–Crippen LogP) is -0.119. The average Bonchev–Trinajstić information content (AvgIpc) is 2.04. The molecule has 0 rings (SSSR count). The van der Waals surface area contributed by atoms with Crippen LogP contribution >= 0.6 is 0 Å². The van der Waals surface area contributed by atoms with Crippen molar-refractivity contribution in [2.45, 2.75) is 32.2 Å². The summed E-state index contributed by atoms with van der Waals surface area (Å²) in [5.41, 5.74) is 0. The molecule has 1 atom stereocenters. The summed E-state index contributed by atoms with van der Waals surface area (Å²) in [4.78, 5) is 30.8. The molecule has 0 aliphatic rings. The van der Waals surface area contributed by atoms with Gasteiger partial charge in [-0.05, 0) is 6.42 Å². The predicted molar refractivity (Wildman–Crippen MR) is 42.8 cm³/mol. The Morgan fingerprint density at radius 2 is 2.17 bits per heavy atom. The van der Waals surface area contributed by atoms with Crippen LogP contribution in [0.1, 0.15) is 26.2 Å². The summed E-state index contributed by atoms with van der Waals surface area (Å²) in [5, 5.41) is 2.34. The smallest absolute Gasteiger partial charge is 0.223 e. The molecule has 0 aliphatic heterocycles. The molecule has 4 heteroatoms. The minimum absolute atomic E-state index is 0.126. The fourth-order valence-corrected chi connectivity index (χ4v) is 0.699. The summed E-state index contributed by atoms with van der Waals surface area (Å²) < 4.78 is 0. The van der Waals surface area contributed by atoms with Crippen LogP contribution in [-0.4, -0.2) is 24.5 Å². The molecule has 66 valence electrons. The molecule has 0 aromatic rings. The first-order valence-electron chi connectivity index (χ1n) is 3.76. The van der Waals surface area contributed by atoms with E-state index in [1.54, 1.807) is 6.29 Å². The SMILES string of the molecule is CCCC(=O)N[C@@H]([C]=O)C[C]=O. The summed E-state index contributed by atoms with van der Waals surface area (Å²) in [5.74, 6) is -0.235. The van der Waals surface area contributed by atoms with Crippen molar-refractivity contribution in [1.82, 2.24) is 5.32 Å². The topological polar surface area (TPSA) is 63.2 Å². The molecule has 0 spiro atoms. The first-order valence-corrected chi connectivity index (χ1v) is 3.76. The van der Waals surface area contributed by atoms with Gasteiger partial charge in [-0.1, -0.05) is 6.92 Å². The fraction of sp³-hybridized carbons (Fsp3) is 0.625. The lowest BCUT2D eigenvalue weighted by atomic mass is 10.2. The third-order valence-electron chi connectivity index (χ3n) is 1.24. The summed E-state index contributed by atoms with van der Waals surface area (Å²) in [6.45, 7) is 1.85. The molecule has 0 unspecified atom stereocenters. The van der Waals surface area contributed by atoms with E-state index in [9.17, 15) is 14.4 Å². The highest BCUT2D eigenvalue weighted by Gasteiger charge is 2.10. The normalized spacial score (nSPS) is 11.8. The maximum absolute atomic E-state index is 10.9. The second-order valence-electron chi connectivity index (χ2n) is 2.34. The van der Waals surface area contributed by atoms with E-state index in [0.29, 0.717) is 12.8 Å². The molecule has 0 bridgehead atoms. The van der Waals surface area contributed by atoms with Crippen LogP contribution in [0.3, 0.4) is 0 Å². The number of hydrogen-bond donors (Lipinski definition) is 1. The van der Waals surface area contributed by atoms with Crippen molar-refractivity contribution in [2.24, 2.45) is 0 Å². The zero-order valence-electron chi connectivity index (χ0n) is 6.92. The Labute approximate surface area is 71.3 Å². The van der Waals surface area contributed by atoms with Crippen LogP contribution in [0.2, 0.25) is 0 Å². The molecule has 1 amide bonds. The number of hydrogen-bond acceptors (Lipinski definition) is 3. The number of nitrogens with one attached hydrogen (secondary N) is 1. The maximum atomic E-state index is 10.9. The van der Waals surface area contributed by atoms with E-state index in [1.807, 2.05) is 6.92 Å². The van der Waals surface area contributed by atoms with Crippen LogP contribution in [0, 0.1) is 0 Å². The fourth-order valence-electron chi connectivity index (χ4n) is 0.699. The van der Waals surface area contributed by atoms with Crippen LogP contribution < -0.4 is 5.32 Å². The summed E-state index contributed by atoms with van der Waals surface area (Å²) in [6, 6.07) is -0.832. The van der Waals surface area contributed by atoms with Gasteiger partial charge in [-0.15, -0.1) is 0 Å². The highest BCUT2D eigenvalue weighted by molar-refractivity contribution is 5.80. The van der Waals surface area contributed by atoms with Gasteiger partial charge in [0.2, 0.25) is 18.5 Å². The molecule has 0 fully saturated rings. The molecule has 4 nitrogen and oxygen atoms in total. The van der Waals surface area contributed by atoms with Crippen molar-refractivity contribution >= 4 is 18.5 Å². The second-order valence-corrected chi connectivity index (χ2v) is 2.34. The van der Waals surface area contributed by atoms with Crippen LogP contribution in [0.5, 0.6) is 0 Å². The minimum Gasteiger partial charge on any atom is -0.345 e. The molecule has 0 saturated carbocycles. The molecule has 2 radical (unpaired) electrons. The Balaban J connectivity index is 3.76. The van der Waals surface area contributed by atoms with E-state index in [4.69, 9.17) is 0 Å². The summed E-state index contributed by atoms with van der Waals surface area (Å²) in [6.07, 6.45) is 4.03. The van der Waals surface area contributed by atoms with Crippen molar-refractivity contribution < 1.29 is 14.4 Å². The quantitative estimate of drug-likeness (QED) is 0.603. The lowest BCUT2D eigenvalue weighted by Gasteiger charge is -2.06. The first-order chi connectivity index (χ1) is 5.74. The van der Waals surface area contributed by atoms with Gasteiger partial charge in [0.05, 0.1) is 0 Å². The van der Waals surface area contributed by atoms with Crippen LogP contribution in [0.15, 0.2) is 0 Å². The summed E-state index contributed by atoms with van der Waals surface area (Å²) in [7, 11) is 0. The van der Waals surface area contributed by atoms with Gasteiger partial charge in [-0.25, -0.2) is 0 Å². The van der Waals surface area contributed by atoms with Gasteiger partial charge in [0.25, 0.3) is 0 Å². The largest absolute Gasteiger partial charge is 0.345 e. The van der Waals surface area contributed by atoms with Gasteiger partial charge >= 0.3 is 0 Å². The lowest BCUT2D eigenvalue weighted by molar-refractivity contribution is -0.121. The average molecular weight is 169 g/mol. The molecule has 0 aliphatic carbocycles. The van der Waals surface area contributed by atoms with Crippen LogP contribution in [0.25, 0.3) is 0 Å². The highest BCUT2D eigenvalue weighted by atomic mass is 16.2. The van der Waals surface area contributed by atoms with E-state index < -0.39 is 6.04 Å². The van der Waals surface area contributed by atoms with Gasteiger partial charge in [-0.3, -0.25) is 14.4 Å². The van der Waals surface area contributed by atoms with E-state index in [-0.39, 0.29) is 12.3 Å². The molecule has 1 N–H and O–H groups in total. The Hall–Kier alpha value is -1.19. The second kappa shape index (κ2) is 6.52. The molecule has 12 heavy (non-hydrogen) atoms. The zero-order valence-corrected chi connectivity index (χ0v) is 6.92. The van der Waals surface area contributed by atoms with Crippen molar-refractivity contribution in [2.75, 3.05) is 0 Å². The highest BCUT2D eigenvalue weighted by Crippen LogP contribution is 1.89. The third kappa shape index (κ3) is 4.60. The molecule has 0 aromatic carbocycles. The molecule has 0 heterocycles. The zero-order chi connectivity index (χ0) is 9.40. The molecular weight excluding hydrogens is 158 g/mol. The van der Waals surface area contributed by atoms with E-state index >= 15 is 0 Å². The van der Waals surface area contributed by atoms with Crippen molar-refractivity contribution in [3.63, 3.8) is 0 Å². The Kier molecular flexibility index (Phi) is 5.87. The van der Waals surface area contributed by atoms with Gasteiger partial charge < -0.3 is 5.32 Å². The Bertz CT molecular complexity index is 168. The van der Waals surface area contributed by atoms with Gasteiger partial charge in [0.1, 0.15) is 6.04 Å². The maximum Gasteiger partial charge on any atom is 0.223 e. The van der Waals surface area contributed by atoms with Gasteiger partial charge in [0.15, 0.2) is 0 Å². The number of amides is 1. The van der Waals surface area contributed by atoms with Crippen molar-refractivity contribution in [3.8, 4) is 0 Å². The molecule has 0 saturated heterocycles. The van der Waals surface area contributed by atoms with E-state index in [0.717, 1.165) is 0 Å². The standard InChI is InChI=1S/C8H11NO3/c1-2-3-8(12)9-7(6-11)4-5-10/h7H,2-4H2,1H3,(H,9,12)/t7-/m1/s1. The minimum atomic E-state index is -0.832. The molecular formula is C8H11NO3. The number of carbonyl (C=O) groups is 1. The third-order valence-corrected chi connectivity index (χ3v) is 1.24. The van der Waals surface area contributed by atoms with E-state index in [2.05, 4.69) is 5.32 Å². The Morgan fingerprint density at radius 1 is 1.50 bits per heavy atom. The molecule has 0 aromatic heterocycles. The lowest BCUT2D eigenvalue weighted by Crippen LogP contribution is -2.35. The van der Waals surface area contributed by atoms with Crippen molar-refractivity contribution in [3.05, 3.63) is 0 Å². The van der Waals surface area contributed by atoms with Crippen LogP contribution in [-0.2, 0) is 14.4 Å². The number of rotatable bonds is 6.